The largest absolute Gasteiger partial charge is 0.467 e. The van der Waals surface area contributed by atoms with E-state index in [9.17, 15) is 4.79 Å². The third kappa shape index (κ3) is 3.48. The molecule has 6 heteroatoms. The van der Waals surface area contributed by atoms with Crippen molar-refractivity contribution in [3.63, 3.8) is 0 Å². The quantitative estimate of drug-likeness (QED) is 0.786. The Hall–Kier alpha value is -2.89. The van der Waals surface area contributed by atoms with E-state index in [2.05, 4.69) is 15.4 Å². The Morgan fingerprint density at radius 3 is 2.74 bits per heavy atom. The molecule has 2 heterocycles. The molecular formula is C17H18N4O2. The molecule has 0 saturated heterocycles. The van der Waals surface area contributed by atoms with E-state index in [1.807, 2.05) is 50.2 Å². The molecule has 0 aliphatic heterocycles. The highest BCUT2D eigenvalue weighted by Gasteiger charge is 2.16. The highest BCUT2D eigenvalue weighted by molar-refractivity contribution is 5.76. The van der Waals surface area contributed by atoms with Crippen LogP contribution in [0.25, 0.3) is 11.4 Å². The van der Waals surface area contributed by atoms with E-state index in [0.717, 1.165) is 11.3 Å². The zero-order chi connectivity index (χ0) is 16.2. The summed E-state index contributed by atoms with van der Waals surface area (Å²) < 4.78 is 6.91. The van der Waals surface area contributed by atoms with Crippen LogP contribution in [-0.2, 0) is 11.3 Å². The lowest BCUT2D eigenvalue weighted by molar-refractivity contribution is -0.122. The molecule has 0 radical (unpaired) electrons. The van der Waals surface area contributed by atoms with Gasteiger partial charge in [0.1, 0.15) is 18.1 Å². The molecule has 1 atom stereocenters. The van der Waals surface area contributed by atoms with Crippen LogP contribution in [0, 0.1) is 6.92 Å². The lowest BCUT2D eigenvalue weighted by atomic mass is 10.2. The topological polar surface area (TPSA) is 73.0 Å². The fraction of sp³-hybridized carbons (Fsp3) is 0.235. The van der Waals surface area contributed by atoms with Gasteiger partial charge in [0.15, 0.2) is 5.82 Å². The lowest BCUT2D eigenvalue weighted by Gasteiger charge is -2.12. The molecule has 3 aromatic rings. The summed E-state index contributed by atoms with van der Waals surface area (Å²) in [6.45, 7) is 3.80. The zero-order valence-corrected chi connectivity index (χ0v) is 13.1. The first-order valence-electron chi connectivity index (χ1n) is 7.43. The Bertz CT molecular complexity index is 778. The van der Waals surface area contributed by atoms with E-state index in [0.29, 0.717) is 11.6 Å². The van der Waals surface area contributed by atoms with Crippen LogP contribution in [0.4, 0.5) is 0 Å². The Kier molecular flexibility index (Phi) is 4.23. The average Bonchev–Trinajstić information content (AvgIpc) is 3.18. The van der Waals surface area contributed by atoms with Gasteiger partial charge >= 0.3 is 0 Å². The van der Waals surface area contributed by atoms with Crippen molar-refractivity contribution in [1.82, 2.24) is 20.1 Å². The van der Waals surface area contributed by atoms with E-state index in [-0.39, 0.29) is 18.5 Å². The lowest BCUT2D eigenvalue weighted by Crippen LogP contribution is -2.30. The standard InChI is InChI=1S/C17H18N4O2/c1-12(15-9-6-10-23-15)18-16(22)11-21-17(19-13(2)20-21)14-7-4-3-5-8-14/h3-10,12H,11H2,1-2H3,(H,18,22). The van der Waals surface area contributed by atoms with Crippen molar-refractivity contribution in [2.45, 2.75) is 26.4 Å². The SMILES string of the molecule is Cc1nc(-c2ccccc2)n(CC(=O)NC(C)c2ccco2)n1. The summed E-state index contributed by atoms with van der Waals surface area (Å²) >= 11 is 0. The maximum atomic E-state index is 12.3. The molecule has 2 aromatic heterocycles. The second-order valence-electron chi connectivity index (χ2n) is 5.31. The van der Waals surface area contributed by atoms with Gasteiger partial charge in [-0.25, -0.2) is 9.67 Å². The van der Waals surface area contributed by atoms with Gasteiger partial charge in [-0.05, 0) is 26.0 Å². The summed E-state index contributed by atoms with van der Waals surface area (Å²) in [5.74, 6) is 1.90. The summed E-state index contributed by atoms with van der Waals surface area (Å²) in [6.07, 6.45) is 1.59. The molecule has 0 spiro atoms. The van der Waals surface area contributed by atoms with Crippen LogP contribution in [0.1, 0.15) is 24.6 Å². The zero-order valence-electron chi connectivity index (χ0n) is 13.1. The monoisotopic (exact) mass is 310 g/mol. The van der Waals surface area contributed by atoms with E-state index in [1.165, 1.54) is 0 Å². The Morgan fingerprint density at radius 1 is 1.26 bits per heavy atom. The predicted octanol–water partition coefficient (Wildman–Crippen LogP) is 2.72. The van der Waals surface area contributed by atoms with Crippen molar-refractivity contribution in [2.24, 2.45) is 0 Å². The maximum Gasteiger partial charge on any atom is 0.242 e. The van der Waals surface area contributed by atoms with Gasteiger partial charge in [-0.2, -0.15) is 5.10 Å². The molecule has 118 valence electrons. The number of aryl methyl sites for hydroxylation is 1. The van der Waals surface area contributed by atoms with Gasteiger partial charge in [0.25, 0.3) is 0 Å². The normalized spacial score (nSPS) is 12.1. The van der Waals surface area contributed by atoms with E-state index >= 15 is 0 Å². The summed E-state index contributed by atoms with van der Waals surface area (Å²) in [6, 6.07) is 13.1. The number of carbonyl (C=O) groups is 1. The van der Waals surface area contributed by atoms with Gasteiger partial charge in [-0.15, -0.1) is 0 Å². The molecule has 23 heavy (non-hydrogen) atoms. The van der Waals surface area contributed by atoms with Crippen LogP contribution >= 0.6 is 0 Å². The van der Waals surface area contributed by atoms with Crippen LogP contribution in [0.5, 0.6) is 0 Å². The highest BCUT2D eigenvalue weighted by atomic mass is 16.3. The van der Waals surface area contributed by atoms with Crippen molar-refractivity contribution in [3.05, 3.63) is 60.3 Å². The van der Waals surface area contributed by atoms with Crippen LogP contribution in [-0.4, -0.2) is 20.7 Å². The minimum atomic E-state index is -0.192. The van der Waals surface area contributed by atoms with Gasteiger partial charge in [-0.1, -0.05) is 30.3 Å². The van der Waals surface area contributed by atoms with E-state index in [4.69, 9.17) is 4.42 Å². The number of furan rings is 1. The number of nitrogens with zero attached hydrogens (tertiary/aromatic N) is 3. The summed E-state index contributed by atoms with van der Waals surface area (Å²) in [7, 11) is 0. The Morgan fingerprint density at radius 2 is 2.04 bits per heavy atom. The molecular weight excluding hydrogens is 292 g/mol. The first-order valence-corrected chi connectivity index (χ1v) is 7.43. The molecule has 6 nitrogen and oxygen atoms in total. The minimum Gasteiger partial charge on any atom is -0.467 e. The molecule has 3 rings (SSSR count). The average molecular weight is 310 g/mol. The Balaban J connectivity index is 1.74. The molecule has 0 aliphatic rings. The number of carbonyl (C=O) groups excluding carboxylic acids is 1. The molecule has 0 bridgehead atoms. The third-order valence-electron chi connectivity index (χ3n) is 3.45. The molecule has 0 saturated carbocycles. The smallest absolute Gasteiger partial charge is 0.242 e. The third-order valence-corrected chi connectivity index (χ3v) is 3.45. The van der Waals surface area contributed by atoms with Crippen LogP contribution in [0.3, 0.4) is 0 Å². The second-order valence-corrected chi connectivity index (χ2v) is 5.31. The molecule has 0 fully saturated rings. The number of hydrogen-bond donors (Lipinski definition) is 1. The van der Waals surface area contributed by atoms with Gasteiger partial charge in [0.2, 0.25) is 5.91 Å². The fourth-order valence-corrected chi connectivity index (χ4v) is 2.40. The van der Waals surface area contributed by atoms with Crippen molar-refractivity contribution in [3.8, 4) is 11.4 Å². The van der Waals surface area contributed by atoms with Crippen molar-refractivity contribution in [2.75, 3.05) is 0 Å². The number of benzene rings is 1. The number of rotatable bonds is 5. The summed E-state index contributed by atoms with van der Waals surface area (Å²) in [5, 5.41) is 7.22. The molecule has 1 aromatic carbocycles. The predicted molar refractivity (Wildman–Crippen MR) is 85.5 cm³/mol. The summed E-state index contributed by atoms with van der Waals surface area (Å²) in [5.41, 5.74) is 0.931. The first kappa shape index (κ1) is 15.0. The Labute approximate surface area is 134 Å². The number of nitrogens with one attached hydrogen (secondary N) is 1. The molecule has 1 N–H and O–H groups in total. The first-order chi connectivity index (χ1) is 11.1. The van der Waals surface area contributed by atoms with Crippen molar-refractivity contribution in [1.29, 1.82) is 0 Å². The minimum absolute atomic E-state index is 0.107. The van der Waals surface area contributed by atoms with Crippen LogP contribution < -0.4 is 5.32 Å². The van der Waals surface area contributed by atoms with E-state index < -0.39 is 0 Å². The molecule has 1 unspecified atom stereocenters. The van der Waals surface area contributed by atoms with Crippen molar-refractivity contribution >= 4 is 5.91 Å². The van der Waals surface area contributed by atoms with Crippen LogP contribution in [0.2, 0.25) is 0 Å². The van der Waals surface area contributed by atoms with Gasteiger partial charge in [-0.3, -0.25) is 4.79 Å². The fourth-order valence-electron chi connectivity index (χ4n) is 2.40. The van der Waals surface area contributed by atoms with Gasteiger partial charge in [0.05, 0.1) is 12.3 Å². The van der Waals surface area contributed by atoms with Gasteiger partial charge in [0, 0.05) is 5.56 Å². The number of hydrogen-bond acceptors (Lipinski definition) is 4. The maximum absolute atomic E-state index is 12.3. The highest BCUT2D eigenvalue weighted by Crippen LogP contribution is 2.17. The number of amides is 1. The van der Waals surface area contributed by atoms with Gasteiger partial charge < -0.3 is 9.73 Å². The second kappa shape index (κ2) is 6.48. The van der Waals surface area contributed by atoms with Crippen LogP contribution in [0.15, 0.2) is 53.1 Å². The van der Waals surface area contributed by atoms with Crippen molar-refractivity contribution < 1.29 is 9.21 Å². The number of aromatic nitrogens is 3. The van der Waals surface area contributed by atoms with E-state index in [1.54, 1.807) is 17.0 Å². The molecule has 0 aliphatic carbocycles. The molecule has 1 amide bonds. The summed E-state index contributed by atoms with van der Waals surface area (Å²) in [4.78, 5) is 16.7.